The first-order valence-corrected chi connectivity index (χ1v) is 6.59. The van der Waals surface area contributed by atoms with Gasteiger partial charge in [-0.25, -0.2) is 9.97 Å². The Bertz CT molecular complexity index is 653. The maximum atomic E-state index is 11.3. The zero-order chi connectivity index (χ0) is 15.2. The third-order valence-corrected chi connectivity index (χ3v) is 2.77. The minimum absolute atomic E-state index is 0.0874. The topological polar surface area (TPSA) is 84.0 Å². The van der Waals surface area contributed by atoms with Gasteiger partial charge in [0.15, 0.2) is 0 Å². The molecule has 2 aromatic rings. The first kappa shape index (κ1) is 14.6. The highest BCUT2D eigenvalue weighted by atomic mass is 16.2. The molecule has 2 amide bonds. The highest BCUT2D eigenvalue weighted by Gasteiger charge is 2.08. The molecule has 0 fully saturated rings. The number of carbonyl (C=O) groups is 2. The van der Waals surface area contributed by atoms with Crippen LogP contribution in [0.1, 0.15) is 20.3 Å². The molecule has 0 aliphatic carbocycles. The van der Waals surface area contributed by atoms with E-state index in [1.807, 2.05) is 12.1 Å². The van der Waals surface area contributed by atoms with Crippen LogP contribution >= 0.6 is 0 Å². The molecule has 108 valence electrons. The number of rotatable bonds is 4. The number of hydrogen-bond donors (Lipinski definition) is 2. The van der Waals surface area contributed by atoms with E-state index in [-0.39, 0.29) is 11.8 Å². The van der Waals surface area contributed by atoms with Gasteiger partial charge in [0.05, 0.1) is 0 Å². The summed E-state index contributed by atoms with van der Waals surface area (Å²) >= 11 is 0. The summed E-state index contributed by atoms with van der Waals surface area (Å²) in [7, 11) is 0. The normalized spacial score (nSPS) is 10.0. The highest BCUT2D eigenvalue weighted by molar-refractivity contribution is 5.93. The van der Waals surface area contributed by atoms with E-state index < -0.39 is 0 Å². The first-order valence-electron chi connectivity index (χ1n) is 6.59. The fourth-order valence-corrected chi connectivity index (χ4v) is 1.76. The van der Waals surface area contributed by atoms with Crippen molar-refractivity contribution < 1.29 is 9.59 Å². The van der Waals surface area contributed by atoms with Gasteiger partial charge < -0.3 is 10.6 Å². The van der Waals surface area contributed by atoms with Gasteiger partial charge in [0, 0.05) is 36.9 Å². The maximum absolute atomic E-state index is 11.3. The average Bonchev–Trinajstić information content (AvgIpc) is 2.48. The molecule has 0 unspecified atom stereocenters. The molecule has 0 aliphatic rings. The van der Waals surface area contributed by atoms with Crippen molar-refractivity contribution in [2.24, 2.45) is 0 Å². The van der Waals surface area contributed by atoms with E-state index in [9.17, 15) is 9.59 Å². The molecular formula is C15H16N4O2. The van der Waals surface area contributed by atoms with Crippen LogP contribution in [0.3, 0.4) is 0 Å². The van der Waals surface area contributed by atoms with Crippen molar-refractivity contribution in [2.45, 2.75) is 20.3 Å². The molecule has 2 heterocycles. The summed E-state index contributed by atoms with van der Waals surface area (Å²) in [5.74, 6) is 0.706. The van der Waals surface area contributed by atoms with E-state index in [1.54, 1.807) is 31.5 Å². The minimum atomic E-state index is -0.185. The third kappa shape index (κ3) is 3.85. The van der Waals surface area contributed by atoms with Gasteiger partial charge in [-0.05, 0) is 24.3 Å². The summed E-state index contributed by atoms with van der Waals surface area (Å²) in [6.07, 6.45) is 3.64. The molecule has 6 heteroatoms. The van der Waals surface area contributed by atoms with Gasteiger partial charge in [0.1, 0.15) is 11.6 Å². The van der Waals surface area contributed by atoms with Crippen LogP contribution in [-0.2, 0) is 9.59 Å². The van der Waals surface area contributed by atoms with Gasteiger partial charge in [0.25, 0.3) is 0 Å². The summed E-state index contributed by atoms with van der Waals surface area (Å²) in [6.45, 7) is 3.21. The van der Waals surface area contributed by atoms with Crippen LogP contribution in [0.4, 0.5) is 11.6 Å². The molecule has 0 spiro atoms. The number of hydrogen-bond acceptors (Lipinski definition) is 4. The Morgan fingerprint density at radius 2 is 1.95 bits per heavy atom. The van der Waals surface area contributed by atoms with E-state index in [4.69, 9.17) is 0 Å². The smallest absolute Gasteiger partial charge is 0.225 e. The van der Waals surface area contributed by atoms with Crippen LogP contribution in [0, 0.1) is 0 Å². The second-order valence-electron chi connectivity index (χ2n) is 4.41. The van der Waals surface area contributed by atoms with Crippen LogP contribution in [-0.4, -0.2) is 21.8 Å². The standard InChI is InChI=1S/C15H16N4O2/c1-3-14(21)19-13-7-6-11(9-17-13)12-5-4-8-16-15(12)18-10(2)20/h4-9H,3H2,1-2H3,(H,16,18,20)(H,17,19,21). The van der Waals surface area contributed by atoms with E-state index in [0.29, 0.717) is 18.1 Å². The van der Waals surface area contributed by atoms with Gasteiger partial charge in [0.2, 0.25) is 11.8 Å². The Morgan fingerprint density at radius 1 is 1.14 bits per heavy atom. The zero-order valence-corrected chi connectivity index (χ0v) is 11.9. The van der Waals surface area contributed by atoms with Gasteiger partial charge in [-0.2, -0.15) is 0 Å². The lowest BCUT2D eigenvalue weighted by Crippen LogP contribution is -2.10. The minimum Gasteiger partial charge on any atom is -0.311 e. The molecule has 0 bridgehead atoms. The van der Waals surface area contributed by atoms with Crippen molar-refractivity contribution in [2.75, 3.05) is 10.6 Å². The molecule has 21 heavy (non-hydrogen) atoms. The Morgan fingerprint density at radius 3 is 2.57 bits per heavy atom. The van der Waals surface area contributed by atoms with E-state index in [0.717, 1.165) is 11.1 Å². The second kappa shape index (κ2) is 6.60. The van der Waals surface area contributed by atoms with Crippen molar-refractivity contribution in [3.8, 4) is 11.1 Å². The molecular weight excluding hydrogens is 268 g/mol. The molecule has 0 saturated heterocycles. The molecule has 2 N–H and O–H groups in total. The Kier molecular flexibility index (Phi) is 4.61. The lowest BCUT2D eigenvalue weighted by Gasteiger charge is -2.09. The molecule has 2 aromatic heterocycles. The predicted octanol–water partition coefficient (Wildman–Crippen LogP) is 2.45. The maximum Gasteiger partial charge on any atom is 0.225 e. The molecule has 0 saturated carbocycles. The number of carbonyl (C=O) groups excluding carboxylic acids is 2. The number of aromatic nitrogens is 2. The largest absolute Gasteiger partial charge is 0.311 e. The molecule has 0 atom stereocenters. The zero-order valence-electron chi connectivity index (χ0n) is 11.9. The number of pyridine rings is 2. The van der Waals surface area contributed by atoms with Crippen molar-refractivity contribution >= 4 is 23.5 Å². The summed E-state index contributed by atoms with van der Waals surface area (Å²) in [5.41, 5.74) is 1.58. The fraction of sp³-hybridized carbons (Fsp3) is 0.200. The van der Waals surface area contributed by atoms with Crippen molar-refractivity contribution in [3.63, 3.8) is 0 Å². The Balaban J connectivity index is 2.26. The van der Waals surface area contributed by atoms with E-state index in [2.05, 4.69) is 20.6 Å². The lowest BCUT2D eigenvalue weighted by atomic mass is 10.1. The number of anilines is 2. The number of nitrogens with zero attached hydrogens (tertiary/aromatic N) is 2. The number of amides is 2. The summed E-state index contributed by atoms with van der Waals surface area (Å²) < 4.78 is 0. The van der Waals surface area contributed by atoms with Gasteiger partial charge >= 0.3 is 0 Å². The fourth-order valence-electron chi connectivity index (χ4n) is 1.76. The molecule has 6 nitrogen and oxygen atoms in total. The van der Waals surface area contributed by atoms with Gasteiger partial charge in [-0.15, -0.1) is 0 Å². The quantitative estimate of drug-likeness (QED) is 0.903. The average molecular weight is 284 g/mol. The lowest BCUT2D eigenvalue weighted by molar-refractivity contribution is -0.116. The van der Waals surface area contributed by atoms with Crippen LogP contribution in [0.2, 0.25) is 0 Å². The van der Waals surface area contributed by atoms with Crippen LogP contribution < -0.4 is 10.6 Å². The Labute approximate surface area is 122 Å². The first-order chi connectivity index (χ1) is 10.1. The molecule has 2 rings (SSSR count). The summed E-state index contributed by atoms with van der Waals surface area (Å²) in [6, 6.07) is 7.17. The molecule has 0 aliphatic heterocycles. The van der Waals surface area contributed by atoms with Gasteiger partial charge in [-0.1, -0.05) is 6.92 Å². The Hall–Kier alpha value is -2.76. The predicted molar refractivity (Wildman–Crippen MR) is 80.7 cm³/mol. The van der Waals surface area contributed by atoms with Crippen LogP contribution in [0.5, 0.6) is 0 Å². The summed E-state index contributed by atoms with van der Waals surface area (Å²) in [5, 5.41) is 5.36. The second-order valence-corrected chi connectivity index (χ2v) is 4.41. The molecule has 0 radical (unpaired) electrons. The number of nitrogens with one attached hydrogen (secondary N) is 2. The monoisotopic (exact) mass is 284 g/mol. The summed E-state index contributed by atoms with van der Waals surface area (Å²) in [4.78, 5) is 30.8. The van der Waals surface area contributed by atoms with Crippen molar-refractivity contribution in [1.29, 1.82) is 0 Å². The van der Waals surface area contributed by atoms with Crippen molar-refractivity contribution in [1.82, 2.24) is 9.97 Å². The van der Waals surface area contributed by atoms with Crippen LogP contribution in [0.15, 0.2) is 36.7 Å². The van der Waals surface area contributed by atoms with E-state index in [1.165, 1.54) is 6.92 Å². The molecule has 0 aromatic carbocycles. The van der Waals surface area contributed by atoms with E-state index >= 15 is 0 Å². The third-order valence-electron chi connectivity index (χ3n) is 2.77. The van der Waals surface area contributed by atoms with Crippen LogP contribution in [0.25, 0.3) is 11.1 Å². The highest BCUT2D eigenvalue weighted by Crippen LogP contribution is 2.25. The van der Waals surface area contributed by atoms with Crippen molar-refractivity contribution in [3.05, 3.63) is 36.7 Å². The SMILES string of the molecule is CCC(=O)Nc1ccc(-c2cccnc2NC(C)=O)cn1. The van der Waals surface area contributed by atoms with Gasteiger partial charge in [-0.3, -0.25) is 9.59 Å².